The molecule has 0 atom stereocenters. The highest BCUT2D eigenvalue weighted by Gasteiger charge is 2.28. The highest BCUT2D eigenvalue weighted by molar-refractivity contribution is 7.17. The first-order valence-corrected chi connectivity index (χ1v) is 14.0. The highest BCUT2D eigenvalue weighted by atomic mass is 32.1. The molecule has 0 unspecified atom stereocenters. The summed E-state index contributed by atoms with van der Waals surface area (Å²) in [4.78, 5) is 49.3. The molecule has 12 nitrogen and oxygen atoms in total. The van der Waals surface area contributed by atoms with E-state index in [2.05, 4.69) is 15.8 Å². The van der Waals surface area contributed by atoms with Crippen molar-refractivity contribution in [3.63, 3.8) is 0 Å². The molecule has 13 heteroatoms. The molecule has 0 bridgehead atoms. The van der Waals surface area contributed by atoms with Crippen molar-refractivity contribution in [3.05, 3.63) is 79.2 Å². The molecule has 2 N–H and O–H groups in total. The zero-order chi connectivity index (χ0) is 30.2. The van der Waals surface area contributed by atoms with E-state index in [0.717, 1.165) is 36.1 Å². The van der Waals surface area contributed by atoms with Gasteiger partial charge in [0.1, 0.15) is 23.1 Å². The molecule has 0 fully saturated rings. The number of hydrazone groups is 1. The van der Waals surface area contributed by atoms with Gasteiger partial charge < -0.3 is 19.5 Å². The number of carbonyl (C=O) groups excluding carboxylic acids is 3. The summed E-state index contributed by atoms with van der Waals surface area (Å²) in [6.45, 7) is 3.63. The average Bonchev–Trinajstić information content (AvgIpc) is 3.33. The monoisotopic (exact) mass is 594 g/mol. The first-order valence-electron chi connectivity index (χ1n) is 13.2. The summed E-state index contributed by atoms with van der Waals surface area (Å²) in [6.07, 6.45) is 4.82. The Balaban J connectivity index is 1.40. The summed E-state index contributed by atoms with van der Waals surface area (Å²) < 4.78 is 16.4. The lowest BCUT2D eigenvalue weighted by atomic mass is 9.95. The van der Waals surface area contributed by atoms with Crippen molar-refractivity contribution in [2.45, 2.75) is 46.1 Å². The minimum Gasteiger partial charge on any atom is -0.496 e. The normalized spacial score (nSPS) is 12.4. The first-order chi connectivity index (χ1) is 20.2. The van der Waals surface area contributed by atoms with E-state index in [4.69, 9.17) is 14.2 Å². The lowest BCUT2D eigenvalue weighted by molar-refractivity contribution is -0.385. The topological polar surface area (TPSA) is 158 Å². The minimum atomic E-state index is -1.00. The summed E-state index contributed by atoms with van der Waals surface area (Å²) in [6, 6.07) is 9.62. The zero-order valence-electron chi connectivity index (χ0n) is 23.4. The van der Waals surface area contributed by atoms with Gasteiger partial charge in [-0.05, 0) is 81.0 Å². The summed E-state index contributed by atoms with van der Waals surface area (Å²) in [5.74, 6) is -1.48. The fourth-order valence-electron chi connectivity index (χ4n) is 4.52. The maximum absolute atomic E-state index is 12.6. The number of anilines is 1. The van der Waals surface area contributed by atoms with Crippen LogP contribution in [0, 0.1) is 17.0 Å². The summed E-state index contributed by atoms with van der Waals surface area (Å²) in [5, 5.41) is 17.8. The smallest absolute Gasteiger partial charge is 0.341 e. The minimum absolute atomic E-state index is 0.00261. The molecule has 2 aromatic carbocycles. The second-order valence-corrected chi connectivity index (χ2v) is 10.5. The number of aryl methyl sites for hydroxylation is 2. The molecular formula is C29H30N4O8S. The standard InChI is InChI=1S/C29H30N4O8S/c1-4-40-29(36)25-21-7-5-6-8-24(21)42-28(25)31-26(34)27(35)32-30-15-18-9-12-23(39-3)19(14-18)16-41-20-10-11-22(33(37)38)17(2)13-20/h9-15H,4-8,16H2,1-3H3,(H,31,34)(H,32,35)/b30-15+. The molecule has 0 saturated carbocycles. The van der Waals surface area contributed by atoms with Crippen molar-refractivity contribution < 1.29 is 33.5 Å². The summed E-state index contributed by atoms with van der Waals surface area (Å²) in [5.41, 5.74) is 5.12. The van der Waals surface area contributed by atoms with Crippen LogP contribution in [0.15, 0.2) is 41.5 Å². The number of nitrogens with one attached hydrogen (secondary N) is 2. The molecular weight excluding hydrogens is 564 g/mol. The zero-order valence-corrected chi connectivity index (χ0v) is 24.2. The van der Waals surface area contributed by atoms with Crippen molar-refractivity contribution in [2.75, 3.05) is 19.0 Å². The van der Waals surface area contributed by atoms with E-state index in [9.17, 15) is 24.5 Å². The molecule has 0 spiro atoms. The molecule has 1 aliphatic rings. The number of thiophene rings is 1. The van der Waals surface area contributed by atoms with Gasteiger partial charge in [-0.1, -0.05) is 0 Å². The third-order valence-electron chi connectivity index (χ3n) is 6.53. The second-order valence-electron chi connectivity index (χ2n) is 9.35. The van der Waals surface area contributed by atoms with Gasteiger partial charge in [-0.25, -0.2) is 10.2 Å². The van der Waals surface area contributed by atoms with Crippen molar-refractivity contribution in [1.29, 1.82) is 0 Å². The number of rotatable bonds is 10. The van der Waals surface area contributed by atoms with Gasteiger partial charge in [0.25, 0.3) is 5.69 Å². The SMILES string of the molecule is CCOC(=O)c1c(NC(=O)C(=O)N/N=C/c2ccc(OC)c(COc3ccc([N+](=O)[O-])c(C)c3)c2)sc2c1CCCC2. The van der Waals surface area contributed by atoms with Gasteiger partial charge in [-0.3, -0.25) is 19.7 Å². The van der Waals surface area contributed by atoms with E-state index in [-0.39, 0.29) is 18.9 Å². The number of hydrogen-bond donors (Lipinski definition) is 2. The van der Waals surface area contributed by atoms with Crippen LogP contribution in [0.5, 0.6) is 11.5 Å². The van der Waals surface area contributed by atoms with E-state index in [1.165, 1.54) is 36.8 Å². The highest BCUT2D eigenvalue weighted by Crippen LogP contribution is 2.38. The molecule has 1 aliphatic carbocycles. The molecule has 0 saturated heterocycles. The van der Waals surface area contributed by atoms with Crippen molar-refractivity contribution in [1.82, 2.24) is 5.43 Å². The molecule has 42 heavy (non-hydrogen) atoms. The van der Waals surface area contributed by atoms with Crippen LogP contribution in [0.4, 0.5) is 10.7 Å². The number of amides is 2. The molecule has 0 radical (unpaired) electrons. The summed E-state index contributed by atoms with van der Waals surface area (Å²) in [7, 11) is 1.51. The Labute approximate surface area is 245 Å². The molecule has 4 rings (SSSR count). The van der Waals surface area contributed by atoms with E-state index >= 15 is 0 Å². The number of ether oxygens (including phenoxy) is 3. The first kappa shape index (κ1) is 30.2. The van der Waals surface area contributed by atoms with E-state index < -0.39 is 22.7 Å². The fourth-order valence-corrected chi connectivity index (χ4v) is 5.80. The van der Waals surface area contributed by atoms with Crippen LogP contribution in [-0.2, 0) is 33.8 Å². The number of benzene rings is 2. The number of methoxy groups -OCH3 is 1. The predicted molar refractivity (Wildman–Crippen MR) is 156 cm³/mol. The van der Waals surface area contributed by atoms with Gasteiger partial charge in [-0.2, -0.15) is 5.10 Å². The van der Waals surface area contributed by atoms with Crippen LogP contribution < -0.4 is 20.2 Å². The fraction of sp³-hybridized carbons (Fsp3) is 0.310. The molecule has 3 aromatic rings. The number of nitro groups is 1. The largest absolute Gasteiger partial charge is 0.496 e. The van der Waals surface area contributed by atoms with Gasteiger partial charge in [-0.15, -0.1) is 11.3 Å². The third-order valence-corrected chi connectivity index (χ3v) is 7.73. The lowest BCUT2D eigenvalue weighted by Crippen LogP contribution is -2.32. The Kier molecular flexibility index (Phi) is 9.86. The summed E-state index contributed by atoms with van der Waals surface area (Å²) >= 11 is 1.29. The average molecular weight is 595 g/mol. The number of nitro benzene ring substituents is 1. The van der Waals surface area contributed by atoms with Gasteiger partial charge in [0, 0.05) is 22.1 Å². The Morgan fingerprint density at radius 3 is 2.62 bits per heavy atom. The predicted octanol–water partition coefficient (Wildman–Crippen LogP) is 4.70. The van der Waals surface area contributed by atoms with Crippen molar-refractivity contribution >= 4 is 46.0 Å². The van der Waals surface area contributed by atoms with Crippen molar-refractivity contribution in [3.8, 4) is 11.5 Å². The number of hydrogen-bond acceptors (Lipinski definition) is 10. The maximum Gasteiger partial charge on any atom is 0.341 e. The van der Waals surface area contributed by atoms with Crippen LogP contribution in [0.3, 0.4) is 0 Å². The Bertz CT molecular complexity index is 1550. The van der Waals surface area contributed by atoms with Crippen LogP contribution in [-0.4, -0.2) is 42.6 Å². The Hall–Kier alpha value is -4.78. The van der Waals surface area contributed by atoms with Gasteiger partial charge in [0.15, 0.2) is 0 Å². The van der Waals surface area contributed by atoms with Crippen LogP contribution in [0.1, 0.15) is 57.3 Å². The maximum atomic E-state index is 12.6. The van der Waals surface area contributed by atoms with Crippen molar-refractivity contribution in [2.24, 2.45) is 5.10 Å². The number of nitrogens with zero attached hydrogens (tertiary/aromatic N) is 2. The van der Waals surface area contributed by atoms with Gasteiger partial charge >= 0.3 is 17.8 Å². The molecule has 1 heterocycles. The molecule has 0 aliphatic heterocycles. The molecule has 220 valence electrons. The molecule has 1 aromatic heterocycles. The third kappa shape index (κ3) is 7.10. The number of esters is 1. The van der Waals surface area contributed by atoms with Gasteiger partial charge in [0.05, 0.1) is 30.4 Å². The number of carbonyl (C=O) groups is 3. The molecule has 2 amide bonds. The number of fused-ring (bicyclic) bond motifs is 1. The van der Waals surface area contributed by atoms with E-state index in [1.807, 2.05) is 0 Å². The van der Waals surface area contributed by atoms with Crippen LogP contribution in [0.2, 0.25) is 0 Å². The quantitative estimate of drug-likeness (QED) is 0.112. The van der Waals surface area contributed by atoms with Crippen LogP contribution in [0.25, 0.3) is 0 Å². The van der Waals surface area contributed by atoms with E-state index in [1.54, 1.807) is 38.1 Å². The Morgan fingerprint density at radius 1 is 1.12 bits per heavy atom. The van der Waals surface area contributed by atoms with E-state index in [0.29, 0.717) is 38.8 Å². The Morgan fingerprint density at radius 2 is 1.90 bits per heavy atom. The van der Waals surface area contributed by atoms with Gasteiger partial charge in [0.2, 0.25) is 0 Å². The lowest BCUT2D eigenvalue weighted by Gasteiger charge is -2.12. The second kappa shape index (κ2) is 13.7. The van der Waals surface area contributed by atoms with Crippen LogP contribution >= 0.6 is 11.3 Å².